The predicted molar refractivity (Wildman–Crippen MR) is 153 cm³/mol. The number of nitrogens with zero attached hydrogens (tertiary/aromatic N) is 1. The Morgan fingerprint density at radius 1 is 0.629 bits per heavy atom. The summed E-state index contributed by atoms with van der Waals surface area (Å²) in [6, 6.07) is 11.8. The molecule has 0 aliphatic heterocycles. The maximum Gasteiger partial charge on any atom is 0.241 e. The zero-order chi connectivity index (χ0) is 24.8. The normalized spacial score (nSPS) is 13.2. The number of nitrogens with one attached hydrogen (secondary N) is 1. The number of benzene rings is 1. The average molecular weight is 482 g/mol. The summed E-state index contributed by atoms with van der Waals surface area (Å²) in [6.45, 7) is 4.61. The molecule has 1 aromatic carbocycles. The Morgan fingerprint density at radius 2 is 1.14 bits per heavy atom. The van der Waals surface area contributed by atoms with Crippen molar-refractivity contribution in [3.63, 3.8) is 0 Å². The van der Waals surface area contributed by atoms with Crippen molar-refractivity contribution in [2.45, 2.75) is 148 Å². The number of hydrogen-bond acceptors (Lipinski definition) is 0. The first-order valence-corrected chi connectivity index (χ1v) is 15.4. The first-order valence-electron chi connectivity index (χ1n) is 15.4. The van der Waals surface area contributed by atoms with E-state index in [-0.39, 0.29) is 0 Å². The molecule has 2 atom stereocenters. The smallest absolute Gasteiger partial charge is 0.241 e. The van der Waals surface area contributed by atoms with Crippen molar-refractivity contribution >= 4 is 0 Å². The highest BCUT2D eigenvalue weighted by Gasteiger charge is 2.26. The van der Waals surface area contributed by atoms with E-state index in [0.717, 1.165) is 0 Å². The Bertz CT molecular complexity index is 678. The van der Waals surface area contributed by atoms with Gasteiger partial charge in [-0.25, -0.2) is 4.57 Å². The number of aromatic amines is 1. The maximum absolute atomic E-state index is 3.31. The van der Waals surface area contributed by atoms with Crippen LogP contribution in [0.2, 0.25) is 0 Å². The van der Waals surface area contributed by atoms with Gasteiger partial charge in [0.05, 0.1) is 0 Å². The quantitative estimate of drug-likeness (QED) is 0.120. The van der Waals surface area contributed by atoms with Gasteiger partial charge in [-0.15, -0.1) is 0 Å². The lowest BCUT2D eigenvalue weighted by Crippen LogP contribution is -2.42. The molecule has 1 heterocycles. The standard InChI is InChI=1S/C33H56N2/c1-3-5-7-9-10-11-12-13-14-15-16-17-21-25-32(29-31-23-19-18-20-24-31)33(26-22-8-6-4-2)35-28-27-34-30-35/h18-20,23-24,27-28,30,32-33H,3-17,21-22,25-26,29H2,1-2H3/p+1. The number of imidazole rings is 1. The second-order valence-corrected chi connectivity index (χ2v) is 11.0. The van der Waals surface area contributed by atoms with E-state index in [1.807, 2.05) is 0 Å². The topological polar surface area (TPSA) is 19.7 Å². The van der Waals surface area contributed by atoms with Gasteiger partial charge in [0.1, 0.15) is 18.4 Å². The summed E-state index contributed by atoms with van der Waals surface area (Å²) < 4.78 is 2.47. The largest absolute Gasteiger partial charge is 0.250 e. The molecule has 0 radical (unpaired) electrons. The van der Waals surface area contributed by atoms with Crippen LogP contribution in [-0.4, -0.2) is 4.98 Å². The van der Waals surface area contributed by atoms with E-state index in [0.29, 0.717) is 12.0 Å². The highest BCUT2D eigenvalue weighted by atomic mass is 15.1. The number of aromatic nitrogens is 2. The zero-order valence-electron chi connectivity index (χ0n) is 23.4. The van der Waals surface area contributed by atoms with Gasteiger partial charge in [-0.2, -0.15) is 0 Å². The van der Waals surface area contributed by atoms with Gasteiger partial charge in [-0.1, -0.05) is 147 Å². The molecule has 2 aromatic rings. The third kappa shape index (κ3) is 13.9. The molecule has 0 aliphatic rings. The van der Waals surface area contributed by atoms with Crippen molar-refractivity contribution in [3.05, 3.63) is 54.6 Å². The van der Waals surface area contributed by atoms with Crippen molar-refractivity contribution in [2.75, 3.05) is 0 Å². The summed E-state index contributed by atoms with van der Waals surface area (Å²) in [5, 5.41) is 0. The van der Waals surface area contributed by atoms with E-state index >= 15 is 0 Å². The van der Waals surface area contributed by atoms with Gasteiger partial charge in [-0.3, -0.25) is 4.98 Å². The lowest BCUT2D eigenvalue weighted by atomic mass is 9.84. The Morgan fingerprint density at radius 3 is 1.69 bits per heavy atom. The van der Waals surface area contributed by atoms with Crippen LogP contribution in [0.25, 0.3) is 0 Å². The molecule has 2 heteroatoms. The SMILES string of the molecule is CCCCCCCCCCCCCCCC(Cc1ccccc1)C(CCCCCC)[n+]1cc[nH]c1. The van der Waals surface area contributed by atoms with Gasteiger partial charge in [0, 0.05) is 5.92 Å². The second kappa shape index (κ2) is 20.6. The van der Waals surface area contributed by atoms with Crippen LogP contribution in [0.1, 0.15) is 147 Å². The molecule has 198 valence electrons. The van der Waals surface area contributed by atoms with E-state index < -0.39 is 0 Å². The fourth-order valence-corrected chi connectivity index (χ4v) is 5.69. The van der Waals surface area contributed by atoms with Gasteiger partial charge in [0.15, 0.2) is 0 Å². The van der Waals surface area contributed by atoms with Crippen LogP contribution in [0.15, 0.2) is 49.1 Å². The number of hydrogen-bond donors (Lipinski definition) is 1. The van der Waals surface area contributed by atoms with Crippen molar-refractivity contribution in [3.8, 4) is 0 Å². The minimum atomic E-state index is 0.607. The Balaban J connectivity index is 1.74. The monoisotopic (exact) mass is 481 g/mol. The fraction of sp³-hybridized carbons (Fsp3) is 0.727. The summed E-state index contributed by atoms with van der Waals surface area (Å²) in [5.74, 6) is 0.715. The second-order valence-electron chi connectivity index (χ2n) is 11.0. The van der Waals surface area contributed by atoms with Crippen LogP contribution in [0.3, 0.4) is 0 Å². The van der Waals surface area contributed by atoms with Crippen molar-refractivity contribution in [1.29, 1.82) is 0 Å². The van der Waals surface area contributed by atoms with Crippen LogP contribution < -0.4 is 4.57 Å². The molecule has 0 fully saturated rings. The maximum atomic E-state index is 3.31. The predicted octanol–water partition coefficient (Wildman–Crippen LogP) is 10.2. The lowest BCUT2D eigenvalue weighted by molar-refractivity contribution is -0.730. The van der Waals surface area contributed by atoms with Crippen LogP contribution in [0.5, 0.6) is 0 Å². The van der Waals surface area contributed by atoms with Gasteiger partial charge in [0.25, 0.3) is 0 Å². The van der Waals surface area contributed by atoms with Crippen molar-refractivity contribution in [2.24, 2.45) is 5.92 Å². The van der Waals surface area contributed by atoms with Crippen LogP contribution in [-0.2, 0) is 6.42 Å². The number of H-pyrrole nitrogens is 1. The fourth-order valence-electron chi connectivity index (χ4n) is 5.69. The molecule has 0 aliphatic carbocycles. The van der Waals surface area contributed by atoms with E-state index in [4.69, 9.17) is 0 Å². The minimum Gasteiger partial charge on any atom is -0.250 e. The minimum absolute atomic E-state index is 0.607. The molecule has 2 rings (SSSR count). The van der Waals surface area contributed by atoms with E-state index in [1.54, 1.807) is 0 Å². The van der Waals surface area contributed by atoms with Crippen molar-refractivity contribution < 1.29 is 4.57 Å². The average Bonchev–Trinajstić information content (AvgIpc) is 3.41. The summed E-state index contributed by atoms with van der Waals surface area (Å²) in [6.07, 6.45) is 34.4. The van der Waals surface area contributed by atoms with Crippen LogP contribution in [0, 0.1) is 5.92 Å². The first-order chi connectivity index (χ1) is 17.3. The van der Waals surface area contributed by atoms with Gasteiger partial charge >= 0.3 is 0 Å². The molecule has 1 aromatic heterocycles. The summed E-state index contributed by atoms with van der Waals surface area (Å²) in [4.78, 5) is 3.31. The number of unbranched alkanes of at least 4 members (excludes halogenated alkanes) is 15. The Kier molecular flexibility index (Phi) is 17.5. The third-order valence-corrected chi connectivity index (χ3v) is 7.87. The van der Waals surface area contributed by atoms with Gasteiger partial charge in [-0.05, 0) is 31.2 Å². The van der Waals surface area contributed by atoms with Gasteiger partial charge in [0.2, 0.25) is 6.33 Å². The first kappa shape index (κ1) is 29.7. The molecular weight excluding hydrogens is 424 g/mol. The molecule has 0 spiro atoms. The lowest BCUT2D eigenvalue weighted by Gasteiger charge is -2.25. The summed E-state index contributed by atoms with van der Waals surface area (Å²) >= 11 is 0. The third-order valence-electron chi connectivity index (χ3n) is 7.87. The molecule has 2 unspecified atom stereocenters. The van der Waals surface area contributed by atoms with Crippen LogP contribution >= 0.6 is 0 Å². The van der Waals surface area contributed by atoms with Gasteiger partial charge < -0.3 is 0 Å². The van der Waals surface area contributed by atoms with Crippen molar-refractivity contribution in [1.82, 2.24) is 4.98 Å². The van der Waals surface area contributed by atoms with E-state index in [1.165, 1.54) is 134 Å². The summed E-state index contributed by atoms with van der Waals surface area (Å²) in [7, 11) is 0. The Hall–Kier alpha value is -1.57. The van der Waals surface area contributed by atoms with E-state index in [9.17, 15) is 0 Å². The van der Waals surface area contributed by atoms with Crippen LogP contribution in [0.4, 0.5) is 0 Å². The Labute approximate surface area is 218 Å². The molecule has 0 bridgehead atoms. The van der Waals surface area contributed by atoms with E-state index in [2.05, 4.69) is 72.5 Å². The molecule has 1 N–H and O–H groups in total. The highest BCUT2D eigenvalue weighted by molar-refractivity contribution is 5.15. The molecular formula is C33H57N2+. The highest BCUT2D eigenvalue weighted by Crippen LogP contribution is 2.29. The molecule has 35 heavy (non-hydrogen) atoms. The summed E-state index contributed by atoms with van der Waals surface area (Å²) in [5.41, 5.74) is 1.50. The number of rotatable bonds is 23. The molecule has 0 saturated carbocycles. The molecule has 0 amide bonds. The molecule has 0 saturated heterocycles. The molecule has 2 nitrogen and oxygen atoms in total. The zero-order valence-corrected chi connectivity index (χ0v) is 23.4.